The number of nitrogens with zero attached hydrogens (tertiary/aromatic N) is 8. The molecule has 22 heteroatoms. The van der Waals surface area contributed by atoms with Crippen LogP contribution in [0.2, 0.25) is 0 Å². The quantitative estimate of drug-likeness (QED) is 0.159. The molecule has 0 aromatic heterocycles. The topological polar surface area (TPSA) is 255 Å². The van der Waals surface area contributed by atoms with Gasteiger partial charge in [-0.2, -0.15) is 0 Å². The molecule has 8 amide bonds. The van der Waals surface area contributed by atoms with Crippen molar-refractivity contribution >= 4 is 64.6 Å². The second-order valence-corrected chi connectivity index (χ2v) is 28.5. The second kappa shape index (κ2) is 37.3. The predicted molar refractivity (Wildman–Crippen MR) is 354 cm³/mol. The fourth-order valence-corrected chi connectivity index (χ4v) is 12.9. The van der Waals surface area contributed by atoms with Crippen LogP contribution in [0.15, 0.2) is 12.2 Å². The molecule has 14 atom stereocenters. The minimum Gasteiger partial charge on any atom is -0.390 e. The van der Waals surface area contributed by atoms with Crippen molar-refractivity contribution in [1.82, 2.24) is 44.5 Å². The summed E-state index contributed by atoms with van der Waals surface area (Å²) in [6.45, 7) is 30.2. The number of methoxy groups -OCH3 is 1. The largest absolute Gasteiger partial charge is 0.390 e. The zero-order valence-corrected chi connectivity index (χ0v) is 60.2. The van der Waals surface area contributed by atoms with Crippen LogP contribution in [0.5, 0.6) is 0 Å². The van der Waals surface area contributed by atoms with Crippen LogP contribution in [0, 0.1) is 53.3 Å². The van der Waals surface area contributed by atoms with Crippen molar-refractivity contribution in [3.8, 4) is 0 Å². The van der Waals surface area contributed by atoms with E-state index in [1.807, 2.05) is 54.5 Å². The number of likely N-dealkylation sites (tertiary alicyclic amines) is 1. The number of nitrogens with one attached hydrogen (secondary N) is 1. The van der Waals surface area contributed by atoms with Gasteiger partial charge in [0.15, 0.2) is 11.6 Å². The fraction of sp³-hybridized carbons (Fsp3) is 0.812. The Morgan fingerprint density at radius 1 is 0.516 bits per heavy atom. The van der Waals surface area contributed by atoms with Crippen molar-refractivity contribution in [2.24, 2.45) is 53.3 Å². The van der Waals surface area contributed by atoms with Crippen molar-refractivity contribution in [2.75, 3.05) is 76.1 Å². The van der Waals surface area contributed by atoms with Crippen molar-refractivity contribution in [3.05, 3.63) is 12.2 Å². The normalized spacial score (nSPS) is 28.4. The van der Waals surface area contributed by atoms with Gasteiger partial charge in [-0.05, 0) is 107 Å². The average molecular weight is 1280 g/mol. The SMILES string of the molecule is C/C=C/C[C@@H](C)[C@@H](O)[C@H]1C(=O)N[C@@H](CC)C(=O)N(C)[C@H](C)C(=O)N(C)[C@@H]([C@H](CN2CCCC2)OC)C(=O)C[C@@H](C(C)C)C(=O)N(C)[C@@H](CC(C)C)C(=O)C[C@@H](C)C(=O)C[C@H](C)C(=O)N(C)[C@@H](CC(C)C)C(=O)N(C)[C@@H](CC(C)C)C(=O)N(C)[C@@H](C(C)C)C(=O)N1C. The van der Waals surface area contributed by atoms with Crippen LogP contribution >= 0.6 is 0 Å². The summed E-state index contributed by atoms with van der Waals surface area (Å²) in [5.74, 6) is -11.0. The molecule has 0 aromatic rings. The third kappa shape index (κ3) is 22.0. The van der Waals surface area contributed by atoms with Gasteiger partial charge in [0.2, 0.25) is 47.3 Å². The Morgan fingerprint density at radius 3 is 1.45 bits per heavy atom. The summed E-state index contributed by atoms with van der Waals surface area (Å²) in [6, 6.07) is -9.88. The van der Waals surface area contributed by atoms with Crippen molar-refractivity contribution in [1.29, 1.82) is 0 Å². The average Bonchev–Trinajstić information content (AvgIpc) is 0.883. The van der Waals surface area contributed by atoms with Crippen LogP contribution in [-0.4, -0.2) is 246 Å². The molecule has 2 N–H and O–H groups in total. The lowest BCUT2D eigenvalue weighted by molar-refractivity contribution is -0.157. The van der Waals surface area contributed by atoms with Gasteiger partial charge in [0.1, 0.15) is 48.1 Å². The monoisotopic (exact) mass is 1280 g/mol. The van der Waals surface area contributed by atoms with E-state index in [1.54, 1.807) is 61.5 Å². The molecule has 0 saturated carbocycles. The number of aliphatic hydroxyl groups excluding tert-OH is 1. The molecule has 520 valence electrons. The second-order valence-electron chi connectivity index (χ2n) is 28.5. The van der Waals surface area contributed by atoms with E-state index in [0.717, 1.165) is 30.8 Å². The molecule has 0 radical (unpaired) electrons. The van der Waals surface area contributed by atoms with E-state index in [2.05, 4.69) is 10.2 Å². The number of ether oxygens (including phenoxy) is 1. The molecule has 2 saturated heterocycles. The van der Waals surface area contributed by atoms with E-state index in [1.165, 1.54) is 92.8 Å². The van der Waals surface area contributed by atoms with E-state index >= 15 is 28.8 Å². The number of Topliss-reactive ketones (excluding diaryl/α,β-unsaturated/α-hetero) is 3. The minimum absolute atomic E-state index is 0.0130. The van der Waals surface area contributed by atoms with E-state index in [9.17, 15) is 29.1 Å². The summed E-state index contributed by atoms with van der Waals surface area (Å²) >= 11 is 0. The highest BCUT2D eigenvalue weighted by Crippen LogP contribution is 2.30. The standard InChI is InChI=1S/C69H121N9O13/c1-25-27-30-45(13)61(82)60-62(83)70-50(26-2)66(87)71(17)48(16)64(85)76(22)59(57(91-24)39-78-31-28-29-32-78)56(81)38-49(43(9)10)65(86)72(18)51(33-40(3)4)55(80)36-46(14)54(79)37-47(15)63(84)73(19)52(34-41(5)6)67(88)74(20)53(35-42(7)8)68(89)75(21)58(44(11)12)69(90)77(60)23/h25,27,40-53,57-61,82H,26,28-39H2,1-24H3,(H,70,83)/b27-25+/t45-,46-,47+,48-,49+,50+,51+,52+,53+,57+,58+,59-,60+,61-/m1/s1. The smallest absolute Gasteiger partial charge is 0.246 e. The number of ketones is 3. The number of rotatable bonds is 17. The Kier molecular flexibility index (Phi) is 33.4. The first kappa shape index (κ1) is 81.5. The van der Waals surface area contributed by atoms with Gasteiger partial charge in [0.25, 0.3) is 0 Å². The molecular weight excluding hydrogens is 1160 g/mol. The van der Waals surface area contributed by atoms with Crippen LogP contribution in [0.3, 0.4) is 0 Å². The van der Waals surface area contributed by atoms with Crippen molar-refractivity contribution in [2.45, 2.75) is 236 Å². The maximum Gasteiger partial charge on any atom is 0.246 e. The Bertz CT molecular complexity index is 2500. The molecule has 22 nitrogen and oxygen atoms in total. The van der Waals surface area contributed by atoms with Gasteiger partial charge in [0.05, 0.1) is 18.2 Å². The number of carbonyl (C=O) groups is 11. The van der Waals surface area contributed by atoms with Gasteiger partial charge in [-0.15, -0.1) is 0 Å². The Morgan fingerprint density at radius 2 is 0.978 bits per heavy atom. The van der Waals surface area contributed by atoms with Crippen LogP contribution in [0.25, 0.3) is 0 Å². The number of amides is 8. The van der Waals surface area contributed by atoms with Crippen LogP contribution < -0.4 is 5.32 Å². The van der Waals surface area contributed by atoms with Crippen molar-refractivity contribution < 1.29 is 62.6 Å². The summed E-state index contributed by atoms with van der Waals surface area (Å²) in [7, 11) is 11.7. The molecule has 2 fully saturated rings. The van der Waals surface area contributed by atoms with E-state index in [0.29, 0.717) is 6.42 Å². The molecule has 91 heavy (non-hydrogen) atoms. The number of hydrogen-bond donors (Lipinski definition) is 2. The molecular formula is C69H121N9O13. The molecule has 0 bridgehead atoms. The number of aliphatic hydroxyl groups is 1. The Balaban J connectivity index is 3.06. The number of likely N-dealkylation sites (N-methyl/N-ethyl adjacent to an activating group) is 7. The van der Waals surface area contributed by atoms with Gasteiger partial charge in [-0.3, -0.25) is 52.7 Å². The number of hydrogen-bond acceptors (Lipinski definition) is 14. The maximum absolute atomic E-state index is 15.3. The highest BCUT2D eigenvalue weighted by atomic mass is 16.5. The molecule has 0 aliphatic carbocycles. The Labute approximate surface area is 546 Å². The molecule has 0 unspecified atom stereocenters. The summed E-state index contributed by atoms with van der Waals surface area (Å²) in [5.41, 5.74) is 0. The molecule has 2 heterocycles. The molecule has 2 aliphatic rings. The Hall–Kier alpha value is -5.61. The lowest BCUT2D eigenvalue weighted by Gasteiger charge is -2.41. The molecule has 0 spiro atoms. The molecule has 0 aromatic carbocycles. The summed E-state index contributed by atoms with van der Waals surface area (Å²) in [6.07, 6.45) is 3.17. The lowest BCUT2D eigenvalue weighted by atomic mass is 9.84. The van der Waals surface area contributed by atoms with Gasteiger partial charge < -0.3 is 54.4 Å². The first-order valence-electron chi connectivity index (χ1n) is 33.5. The first-order valence-corrected chi connectivity index (χ1v) is 33.5. The lowest BCUT2D eigenvalue weighted by Crippen LogP contribution is -2.64. The van der Waals surface area contributed by atoms with Gasteiger partial charge in [-0.1, -0.05) is 109 Å². The highest BCUT2D eigenvalue weighted by molar-refractivity contribution is 6.00. The first-order chi connectivity index (χ1) is 42.2. The van der Waals surface area contributed by atoms with Crippen molar-refractivity contribution in [3.63, 3.8) is 0 Å². The third-order valence-corrected chi connectivity index (χ3v) is 19.0. The van der Waals surface area contributed by atoms with Crippen LogP contribution in [0.4, 0.5) is 0 Å². The number of carbonyl (C=O) groups excluding carboxylic acids is 11. The van der Waals surface area contributed by atoms with Gasteiger partial charge >= 0.3 is 0 Å². The number of allylic oxidation sites excluding steroid dienone is 2. The summed E-state index contributed by atoms with van der Waals surface area (Å²) < 4.78 is 6.09. The maximum atomic E-state index is 15.3. The highest BCUT2D eigenvalue weighted by Gasteiger charge is 2.47. The fourth-order valence-electron chi connectivity index (χ4n) is 12.9. The third-order valence-electron chi connectivity index (χ3n) is 19.0. The predicted octanol–water partition coefficient (Wildman–Crippen LogP) is 5.99. The van der Waals surface area contributed by atoms with Gasteiger partial charge in [-0.25, -0.2) is 0 Å². The zero-order valence-electron chi connectivity index (χ0n) is 60.2. The van der Waals surface area contributed by atoms with E-state index < -0.39 is 149 Å². The molecule has 2 aliphatic heterocycles. The van der Waals surface area contributed by atoms with E-state index in [-0.39, 0.29) is 80.8 Å². The molecule has 2 rings (SSSR count). The van der Waals surface area contributed by atoms with E-state index in [4.69, 9.17) is 4.74 Å². The zero-order chi connectivity index (χ0) is 70.0. The summed E-state index contributed by atoms with van der Waals surface area (Å²) in [5, 5.41) is 15.0. The van der Waals surface area contributed by atoms with Crippen LogP contribution in [0.1, 0.15) is 175 Å². The summed E-state index contributed by atoms with van der Waals surface area (Å²) in [4.78, 5) is 175. The van der Waals surface area contributed by atoms with Gasteiger partial charge in [0, 0.05) is 100 Å². The minimum atomic E-state index is -1.62. The van der Waals surface area contributed by atoms with Crippen LogP contribution in [-0.2, 0) is 57.5 Å².